The second-order valence-corrected chi connectivity index (χ2v) is 4.27. The van der Waals surface area contributed by atoms with Gasteiger partial charge in [-0.25, -0.2) is 4.39 Å². The molecule has 0 amide bonds. The van der Waals surface area contributed by atoms with E-state index in [0.29, 0.717) is 13.0 Å². The summed E-state index contributed by atoms with van der Waals surface area (Å²) in [5.41, 5.74) is 3.44. The van der Waals surface area contributed by atoms with Gasteiger partial charge in [-0.2, -0.15) is 5.26 Å². The molecule has 1 heterocycles. The van der Waals surface area contributed by atoms with Crippen molar-refractivity contribution in [2.24, 2.45) is 0 Å². The normalized spacial score (nSPS) is 16.8. The summed E-state index contributed by atoms with van der Waals surface area (Å²) in [5.74, 6) is -0.252. The molecule has 0 aliphatic carbocycles. The van der Waals surface area contributed by atoms with Crippen LogP contribution in [-0.2, 0) is 4.65 Å². The first kappa shape index (κ1) is 11.0. The highest BCUT2D eigenvalue weighted by Gasteiger charge is 2.25. The lowest BCUT2D eigenvalue weighted by molar-refractivity contribution is 0.280. The predicted molar refractivity (Wildman–Crippen MR) is 67.3 cm³/mol. The Morgan fingerprint density at radius 1 is 1.17 bits per heavy atom. The smallest absolute Gasteiger partial charge is 0.310 e. The second kappa shape index (κ2) is 4.28. The predicted octanol–water partition coefficient (Wildman–Crippen LogP) is 1.79. The number of nitriles is 1. The van der Waals surface area contributed by atoms with Crippen LogP contribution >= 0.6 is 0 Å². The molecule has 0 bridgehead atoms. The highest BCUT2D eigenvalue weighted by atomic mass is 19.1. The minimum atomic E-state index is -0.252. The molecule has 1 aliphatic heterocycles. The van der Waals surface area contributed by atoms with Crippen LogP contribution < -0.4 is 5.46 Å². The lowest BCUT2D eigenvalue weighted by Crippen LogP contribution is -2.10. The third-order valence-electron chi connectivity index (χ3n) is 3.14. The number of nitrogens with zero attached hydrogens (tertiary/aromatic N) is 1. The van der Waals surface area contributed by atoms with Crippen molar-refractivity contribution in [3.05, 3.63) is 65.0 Å². The van der Waals surface area contributed by atoms with Gasteiger partial charge >= 0.3 is 7.48 Å². The monoisotopic (exact) mass is 237 g/mol. The van der Waals surface area contributed by atoms with Crippen LogP contribution in [0.4, 0.5) is 4.39 Å². The van der Waals surface area contributed by atoms with Gasteiger partial charge in [-0.1, -0.05) is 18.2 Å². The molecule has 0 N–H and O–H groups in total. The molecule has 3 rings (SSSR count). The number of hydrogen-bond donors (Lipinski definition) is 0. The first-order valence-electron chi connectivity index (χ1n) is 5.68. The number of benzene rings is 2. The summed E-state index contributed by atoms with van der Waals surface area (Å²) in [4.78, 5) is 0. The maximum atomic E-state index is 13.3. The highest BCUT2D eigenvalue weighted by molar-refractivity contribution is 6.49. The van der Waals surface area contributed by atoms with E-state index in [4.69, 9.17) is 9.92 Å². The van der Waals surface area contributed by atoms with E-state index in [0.717, 1.165) is 16.6 Å². The SMILES string of the molecule is N#Cc1ccc(C2OBc3ccc(F)cc32)cc1. The Balaban J connectivity index is 2.00. The van der Waals surface area contributed by atoms with E-state index in [2.05, 4.69) is 6.07 Å². The van der Waals surface area contributed by atoms with E-state index in [9.17, 15) is 4.39 Å². The standard InChI is InChI=1S/C14H9BFNO/c16-11-5-6-13-12(7-11)14(18-15-13)10-3-1-9(8-17)2-4-10/h1-7,14-15H. The van der Waals surface area contributed by atoms with Crippen LogP contribution in [0.2, 0.25) is 0 Å². The van der Waals surface area contributed by atoms with Gasteiger partial charge < -0.3 is 4.65 Å². The molecule has 1 aliphatic rings. The maximum absolute atomic E-state index is 13.3. The van der Waals surface area contributed by atoms with Gasteiger partial charge in [0.05, 0.1) is 17.7 Å². The third kappa shape index (κ3) is 1.79. The number of rotatable bonds is 1. The largest absolute Gasteiger partial charge is 0.424 e. The quantitative estimate of drug-likeness (QED) is 0.708. The van der Waals surface area contributed by atoms with Gasteiger partial charge in [0.1, 0.15) is 5.82 Å². The zero-order chi connectivity index (χ0) is 12.5. The molecule has 86 valence electrons. The van der Waals surface area contributed by atoms with Crippen molar-refractivity contribution in [2.45, 2.75) is 6.10 Å². The van der Waals surface area contributed by atoms with Crippen molar-refractivity contribution >= 4 is 12.9 Å². The molecule has 0 saturated heterocycles. The zero-order valence-corrected chi connectivity index (χ0v) is 9.56. The van der Waals surface area contributed by atoms with Crippen LogP contribution in [0.5, 0.6) is 0 Å². The van der Waals surface area contributed by atoms with Gasteiger partial charge in [0.2, 0.25) is 0 Å². The Morgan fingerprint density at radius 2 is 1.94 bits per heavy atom. The molecular weight excluding hydrogens is 228 g/mol. The molecule has 0 saturated carbocycles. The summed E-state index contributed by atoms with van der Waals surface area (Å²) < 4.78 is 19.0. The number of fused-ring (bicyclic) bond motifs is 1. The molecule has 0 spiro atoms. The molecule has 2 nitrogen and oxygen atoms in total. The summed E-state index contributed by atoms with van der Waals surface area (Å²) in [5, 5.41) is 8.76. The van der Waals surface area contributed by atoms with E-state index in [1.807, 2.05) is 12.1 Å². The number of hydrogen-bond acceptors (Lipinski definition) is 2. The Bertz CT molecular complexity index is 633. The zero-order valence-electron chi connectivity index (χ0n) is 9.56. The van der Waals surface area contributed by atoms with Crippen molar-refractivity contribution in [1.29, 1.82) is 5.26 Å². The van der Waals surface area contributed by atoms with Gasteiger partial charge in [-0.3, -0.25) is 0 Å². The third-order valence-corrected chi connectivity index (χ3v) is 3.14. The fourth-order valence-corrected chi connectivity index (χ4v) is 2.21. The van der Waals surface area contributed by atoms with Crippen molar-refractivity contribution in [2.75, 3.05) is 0 Å². The highest BCUT2D eigenvalue weighted by Crippen LogP contribution is 2.28. The van der Waals surface area contributed by atoms with E-state index in [1.54, 1.807) is 18.2 Å². The number of halogens is 1. The molecule has 2 aromatic rings. The van der Waals surface area contributed by atoms with E-state index >= 15 is 0 Å². The minimum absolute atomic E-state index is 0.233. The van der Waals surface area contributed by atoms with Crippen LogP contribution in [0.15, 0.2) is 42.5 Å². The van der Waals surface area contributed by atoms with Crippen LogP contribution in [-0.4, -0.2) is 7.48 Å². The Labute approximate surface area is 105 Å². The van der Waals surface area contributed by atoms with Gasteiger partial charge in [0.15, 0.2) is 0 Å². The lowest BCUT2D eigenvalue weighted by Gasteiger charge is -2.12. The van der Waals surface area contributed by atoms with Crippen molar-refractivity contribution < 1.29 is 9.04 Å². The first-order valence-corrected chi connectivity index (χ1v) is 5.68. The first-order chi connectivity index (χ1) is 8.78. The fraction of sp³-hybridized carbons (Fsp3) is 0.0714. The van der Waals surface area contributed by atoms with E-state index < -0.39 is 0 Å². The Kier molecular flexibility index (Phi) is 2.62. The van der Waals surface area contributed by atoms with Crippen molar-refractivity contribution in [1.82, 2.24) is 0 Å². The van der Waals surface area contributed by atoms with Crippen LogP contribution in [0.1, 0.15) is 22.8 Å². The van der Waals surface area contributed by atoms with Crippen LogP contribution in [0, 0.1) is 17.1 Å². The summed E-state index contributed by atoms with van der Waals surface area (Å²) in [7, 11) is 0.500. The average Bonchev–Trinajstić information content (AvgIpc) is 2.82. The molecule has 2 aromatic carbocycles. The Morgan fingerprint density at radius 3 is 2.67 bits per heavy atom. The van der Waals surface area contributed by atoms with Gasteiger partial charge in [0, 0.05) is 0 Å². The molecule has 0 fully saturated rings. The summed E-state index contributed by atoms with van der Waals surface area (Å²) in [6.45, 7) is 0. The fourth-order valence-electron chi connectivity index (χ4n) is 2.21. The molecule has 0 radical (unpaired) electrons. The summed E-state index contributed by atoms with van der Waals surface area (Å²) >= 11 is 0. The van der Waals surface area contributed by atoms with E-state index in [1.165, 1.54) is 12.1 Å². The minimum Gasteiger partial charge on any atom is -0.424 e. The topological polar surface area (TPSA) is 33.0 Å². The molecule has 18 heavy (non-hydrogen) atoms. The molecular formula is C14H9BFNO. The van der Waals surface area contributed by atoms with E-state index in [-0.39, 0.29) is 11.9 Å². The van der Waals surface area contributed by atoms with Crippen LogP contribution in [0.3, 0.4) is 0 Å². The lowest BCUT2D eigenvalue weighted by atomic mass is 9.86. The summed E-state index contributed by atoms with van der Waals surface area (Å²) in [6.07, 6.45) is -0.233. The van der Waals surface area contributed by atoms with Crippen LogP contribution in [0.25, 0.3) is 0 Å². The molecule has 1 atom stereocenters. The second-order valence-electron chi connectivity index (χ2n) is 4.27. The average molecular weight is 237 g/mol. The van der Waals surface area contributed by atoms with Crippen molar-refractivity contribution in [3.63, 3.8) is 0 Å². The molecule has 0 aromatic heterocycles. The Hall–Kier alpha value is -2.12. The summed E-state index contributed by atoms with van der Waals surface area (Å²) in [6, 6.07) is 14.0. The van der Waals surface area contributed by atoms with Crippen molar-refractivity contribution in [3.8, 4) is 6.07 Å². The maximum Gasteiger partial charge on any atom is 0.310 e. The van der Waals surface area contributed by atoms with Gasteiger partial charge in [-0.05, 0) is 40.9 Å². The van der Waals surface area contributed by atoms with Gasteiger partial charge in [0.25, 0.3) is 0 Å². The molecule has 1 unspecified atom stereocenters. The van der Waals surface area contributed by atoms with Gasteiger partial charge in [-0.15, -0.1) is 0 Å². The molecule has 4 heteroatoms.